The largest absolute Gasteiger partial charge is 0.497 e. The molecule has 0 saturated heterocycles. The third-order valence-corrected chi connectivity index (χ3v) is 5.84. The van der Waals surface area contributed by atoms with Gasteiger partial charge >= 0.3 is 0 Å². The summed E-state index contributed by atoms with van der Waals surface area (Å²) in [5.41, 5.74) is 1.16. The monoisotopic (exact) mass is 342 g/mol. The summed E-state index contributed by atoms with van der Waals surface area (Å²) in [4.78, 5) is 12.3. The van der Waals surface area contributed by atoms with Crippen LogP contribution in [-0.2, 0) is 0 Å². The molecule has 1 aromatic heterocycles. The Morgan fingerprint density at radius 3 is 2.76 bits per heavy atom. The van der Waals surface area contributed by atoms with Crippen LogP contribution in [0.25, 0.3) is 5.69 Å². The Kier molecular flexibility index (Phi) is 3.95. The van der Waals surface area contributed by atoms with E-state index in [-0.39, 0.29) is 17.4 Å². The minimum Gasteiger partial charge on any atom is -0.497 e. The molecule has 2 atom stereocenters. The van der Waals surface area contributed by atoms with Crippen molar-refractivity contribution in [3.05, 3.63) is 36.2 Å². The van der Waals surface area contributed by atoms with Crippen LogP contribution in [0.1, 0.15) is 36.2 Å². The molecule has 2 fully saturated rings. The lowest BCUT2D eigenvalue weighted by atomic mass is 9.48. The summed E-state index contributed by atoms with van der Waals surface area (Å²) in [6.45, 7) is 0.589. The van der Waals surface area contributed by atoms with Crippen molar-refractivity contribution in [1.82, 2.24) is 20.3 Å². The van der Waals surface area contributed by atoms with Gasteiger partial charge in [-0.1, -0.05) is 11.6 Å². The standard InChI is InChI=1S/C18H22N4O3/c1-25-14-5-3-13(4-6-14)22-11-15(20-21-22)17(24)19-10-12-9-16(23)18(12)7-2-8-18/h3-6,11-12,16,23H,2,7-10H2,1H3,(H,19,24). The van der Waals surface area contributed by atoms with Crippen LogP contribution in [0.3, 0.4) is 0 Å². The van der Waals surface area contributed by atoms with E-state index in [9.17, 15) is 9.90 Å². The lowest BCUT2D eigenvalue weighted by Crippen LogP contribution is -2.60. The van der Waals surface area contributed by atoms with Gasteiger partial charge in [-0.05, 0) is 49.4 Å². The molecule has 2 N–H and O–H groups in total. The van der Waals surface area contributed by atoms with Crippen molar-refractivity contribution in [3.8, 4) is 11.4 Å². The van der Waals surface area contributed by atoms with Gasteiger partial charge in [0.05, 0.1) is 25.1 Å². The number of aliphatic hydroxyl groups excluding tert-OH is 1. The highest BCUT2D eigenvalue weighted by Gasteiger charge is 2.57. The van der Waals surface area contributed by atoms with Crippen LogP contribution in [0, 0.1) is 11.3 Å². The van der Waals surface area contributed by atoms with Crippen molar-refractivity contribution < 1.29 is 14.6 Å². The maximum absolute atomic E-state index is 12.3. The third kappa shape index (κ3) is 2.68. The molecule has 2 unspecified atom stereocenters. The molecule has 132 valence electrons. The molecule has 1 aromatic carbocycles. The summed E-state index contributed by atoms with van der Waals surface area (Å²) in [6, 6.07) is 7.37. The van der Waals surface area contributed by atoms with Crippen LogP contribution >= 0.6 is 0 Å². The zero-order valence-corrected chi connectivity index (χ0v) is 14.2. The predicted octanol–water partition coefficient (Wildman–Crippen LogP) is 1.56. The first-order chi connectivity index (χ1) is 12.1. The second-order valence-corrected chi connectivity index (χ2v) is 6.99. The molecular formula is C18H22N4O3. The average molecular weight is 342 g/mol. The SMILES string of the molecule is COc1ccc(-n2cc(C(=O)NCC3CC(O)C34CCC4)nn2)cc1. The van der Waals surface area contributed by atoms with E-state index in [2.05, 4.69) is 15.6 Å². The number of hydrogen-bond donors (Lipinski definition) is 2. The average Bonchev–Trinajstić information content (AvgIpc) is 3.07. The number of methoxy groups -OCH3 is 1. The molecule has 0 bridgehead atoms. The van der Waals surface area contributed by atoms with Crippen molar-refractivity contribution in [2.24, 2.45) is 11.3 Å². The van der Waals surface area contributed by atoms with Crippen LogP contribution in [0.5, 0.6) is 5.75 Å². The third-order valence-electron chi connectivity index (χ3n) is 5.84. The topological polar surface area (TPSA) is 89.3 Å². The Bertz CT molecular complexity index is 767. The molecule has 1 heterocycles. The summed E-state index contributed by atoms with van der Waals surface area (Å²) in [5.74, 6) is 0.905. The molecule has 7 nitrogen and oxygen atoms in total. The maximum Gasteiger partial charge on any atom is 0.273 e. The summed E-state index contributed by atoms with van der Waals surface area (Å²) in [5, 5.41) is 20.9. The maximum atomic E-state index is 12.3. The highest BCUT2D eigenvalue weighted by atomic mass is 16.5. The molecule has 0 radical (unpaired) electrons. The van der Waals surface area contributed by atoms with E-state index < -0.39 is 0 Å². The minimum atomic E-state index is -0.226. The molecule has 4 rings (SSSR count). The van der Waals surface area contributed by atoms with Crippen molar-refractivity contribution in [2.45, 2.75) is 31.8 Å². The fourth-order valence-electron chi connectivity index (χ4n) is 4.00. The van der Waals surface area contributed by atoms with Gasteiger partial charge in [0.2, 0.25) is 0 Å². The van der Waals surface area contributed by atoms with Crippen LogP contribution in [0.15, 0.2) is 30.5 Å². The van der Waals surface area contributed by atoms with Crippen molar-refractivity contribution >= 4 is 5.91 Å². The van der Waals surface area contributed by atoms with Gasteiger partial charge in [-0.2, -0.15) is 0 Å². The van der Waals surface area contributed by atoms with Crippen LogP contribution in [0.2, 0.25) is 0 Å². The van der Waals surface area contributed by atoms with Crippen LogP contribution in [-0.4, -0.2) is 45.8 Å². The second-order valence-electron chi connectivity index (χ2n) is 6.99. The first-order valence-corrected chi connectivity index (χ1v) is 8.65. The number of nitrogens with zero attached hydrogens (tertiary/aromatic N) is 3. The molecule has 2 aliphatic rings. The number of rotatable bonds is 5. The van der Waals surface area contributed by atoms with Gasteiger partial charge in [-0.15, -0.1) is 5.10 Å². The van der Waals surface area contributed by atoms with E-state index in [1.54, 1.807) is 18.0 Å². The van der Waals surface area contributed by atoms with Gasteiger partial charge in [0.1, 0.15) is 5.75 Å². The Morgan fingerprint density at radius 2 is 2.16 bits per heavy atom. The first kappa shape index (κ1) is 16.1. The van der Waals surface area contributed by atoms with E-state index in [1.807, 2.05) is 24.3 Å². The second kappa shape index (κ2) is 6.15. The molecule has 2 aromatic rings. The Hall–Kier alpha value is -2.41. The molecule has 2 saturated carbocycles. The van der Waals surface area contributed by atoms with Crippen molar-refractivity contribution in [1.29, 1.82) is 0 Å². The lowest BCUT2D eigenvalue weighted by molar-refractivity contribution is -0.167. The molecule has 7 heteroatoms. The van der Waals surface area contributed by atoms with Gasteiger partial charge in [0.25, 0.3) is 5.91 Å². The zero-order chi connectivity index (χ0) is 17.4. The van der Waals surface area contributed by atoms with Crippen molar-refractivity contribution in [3.63, 3.8) is 0 Å². The summed E-state index contributed by atoms with van der Waals surface area (Å²) in [6.07, 6.45) is 5.52. The van der Waals surface area contributed by atoms with Gasteiger partial charge in [-0.3, -0.25) is 4.79 Å². The van der Waals surface area contributed by atoms with E-state index in [0.717, 1.165) is 30.7 Å². The van der Waals surface area contributed by atoms with Crippen LogP contribution in [0.4, 0.5) is 0 Å². The number of ether oxygens (including phenoxy) is 1. The Morgan fingerprint density at radius 1 is 1.40 bits per heavy atom. The Balaban J connectivity index is 1.37. The van der Waals surface area contributed by atoms with Gasteiger partial charge in [-0.25, -0.2) is 4.68 Å². The fourth-order valence-corrected chi connectivity index (χ4v) is 4.00. The quantitative estimate of drug-likeness (QED) is 0.861. The highest BCUT2D eigenvalue weighted by Crippen LogP contribution is 2.59. The molecule has 25 heavy (non-hydrogen) atoms. The van der Waals surface area contributed by atoms with Gasteiger partial charge in [0.15, 0.2) is 5.69 Å². The summed E-state index contributed by atoms with van der Waals surface area (Å²) >= 11 is 0. The highest BCUT2D eigenvalue weighted by molar-refractivity contribution is 5.91. The van der Waals surface area contributed by atoms with E-state index >= 15 is 0 Å². The number of aliphatic hydroxyl groups is 1. The fraction of sp³-hybridized carbons (Fsp3) is 0.500. The van der Waals surface area contributed by atoms with Gasteiger partial charge < -0.3 is 15.2 Å². The first-order valence-electron chi connectivity index (χ1n) is 8.65. The van der Waals surface area contributed by atoms with Crippen molar-refractivity contribution in [2.75, 3.05) is 13.7 Å². The molecule has 1 amide bonds. The summed E-state index contributed by atoms with van der Waals surface area (Å²) in [7, 11) is 1.61. The Labute approximate surface area is 146 Å². The number of carbonyl (C=O) groups is 1. The predicted molar refractivity (Wildman–Crippen MR) is 90.6 cm³/mol. The molecule has 2 aliphatic carbocycles. The normalized spacial score (nSPS) is 23.6. The number of carbonyl (C=O) groups excluding carboxylic acids is 1. The van der Waals surface area contributed by atoms with E-state index in [0.29, 0.717) is 18.2 Å². The number of aromatic nitrogens is 3. The number of benzene rings is 1. The van der Waals surface area contributed by atoms with Gasteiger partial charge in [0, 0.05) is 12.0 Å². The smallest absolute Gasteiger partial charge is 0.273 e. The minimum absolute atomic E-state index is 0.0635. The summed E-state index contributed by atoms with van der Waals surface area (Å²) < 4.78 is 6.69. The molecule has 1 spiro atoms. The van der Waals surface area contributed by atoms with E-state index in [4.69, 9.17) is 4.74 Å². The molecular weight excluding hydrogens is 320 g/mol. The zero-order valence-electron chi connectivity index (χ0n) is 14.2. The van der Waals surface area contributed by atoms with Crippen LogP contribution < -0.4 is 10.1 Å². The molecule has 0 aliphatic heterocycles. The number of amides is 1. The number of nitrogens with one attached hydrogen (secondary N) is 1. The van der Waals surface area contributed by atoms with E-state index in [1.165, 1.54) is 6.42 Å². The lowest BCUT2D eigenvalue weighted by Gasteiger charge is -2.59. The number of hydrogen-bond acceptors (Lipinski definition) is 5.